The van der Waals surface area contributed by atoms with Gasteiger partial charge in [-0.1, -0.05) is 5.16 Å². The van der Waals surface area contributed by atoms with E-state index in [0.29, 0.717) is 0 Å². The lowest BCUT2D eigenvalue weighted by Crippen LogP contribution is -2.11. The summed E-state index contributed by atoms with van der Waals surface area (Å²) < 4.78 is 42.7. The van der Waals surface area contributed by atoms with Crippen LogP contribution < -0.4 is 4.74 Å². The van der Waals surface area contributed by atoms with Crippen molar-refractivity contribution in [1.82, 2.24) is 0 Å². The molecule has 0 spiro atoms. The van der Waals surface area contributed by atoms with Gasteiger partial charge in [0.2, 0.25) is 0 Å². The minimum absolute atomic E-state index is 0.00111. The van der Waals surface area contributed by atoms with Crippen molar-refractivity contribution < 1.29 is 27.5 Å². The zero-order valence-electron chi connectivity index (χ0n) is 10.5. The Kier molecular flexibility index (Phi) is 4.52. The van der Waals surface area contributed by atoms with Gasteiger partial charge in [0.15, 0.2) is 0 Å². The van der Waals surface area contributed by atoms with Crippen molar-refractivity contribution in [3.63, 3.8) is 0 Å². The van der Waals surface area contributed by atoms with Gasteiger partial charge in [-0.3, -0.25) is 4.79 Å². The molecule has 1 aromatic carbocycles. The lowest BCUT2D eigenvalue weighted by molar-refractivity contribution is -0.137. The molecule has 0 bridgehead atoms. The van der Waals surface area contributed by atoms with Gasteiger partial charge in [-0.25, -0.2) is 0 Å². The maximum absolute atomic E-state index is 12.6. The van der Waals surface area contributed by atoms with Crippen LogP contribution in [0.15, 0.2) is 23.4 Å². The second-order valence-electron chi connectivity index (χ2n) is 3.66. The minimum Gasteiger partial charge on any atom is -0.426 e. The predicted octanol–water partition coefficient (Wildman–Crippen LogP) is 3.00. The molecule has 104 valence electrons. The van der Waals surface area contributed by atoms with E-state index in [-0.39, 0.29) is 17.0 Å². The lowest BCUT2D eigenvalue weighted by atomic mass is 10.1. The summed E-state index contributed by atoms with van der Waals surface area (Å²) in [5.74, 6) is -0.634. The van der Waals surface area contributed by atoms with E-state index in [1.54, 1.807) is 0 Å². The summed E-state index contributed by atoms with van der Waals surface area (Å²) in [6, 6.07) is 2.77. The Balaban J connectivity index is 3.34. The molecule has 1 aromatic rings. The van der Waals surface area contributed by atoms with Gasteiger partial charge in [0.25, 0.3) is 0 Å². The molecule has 0 aliphatic carbocycles. The molecule has 0 aliphatic rings. The Morgan fingerprint density at radius 1 is 1.26 bits per heavy atom. The fourth-order valence-electron chi connectivity index (χ4n) is 1.42. The fraction of sp³-hybridized carbons (Fsp3) is 0.333. The molecule has 19 heavy (non-hydrogen) atoms. The van der Waals surface area contributed by atoms with Crippen LogP contribution >= 0.6 is 0 Å². The first-order valence-corrected chi connectivity index (χ1v) is 5.23. The highest BCUT2D eigenvalue weighted by atomic mass is 19.4. The van der Waals surface area contributed by atoms with Gasteiger partial charge in [-0.05, 0) is 25.1 Å². The maximum atomic E-state index is 12.6. The number of benzene rings is 1. The molecular weight excluding hydrogens is 263 g/mol. The first kappa shape index (κ1) is 15.0. The normalized spacial score (nSPS) is 12.2. The van der Waals surface area contributed by atoms with Crippen molar-refractivity contribution in [1.29, 1.82) is 0 Å². The van der Waals surface area contributed by atoms with Gasteiger partial charge in [0, 0.05) is 12.5 Å². The van der Waals surface area contributed by atoms with E-state index in [1.807, 2.05) is 0 Å². The maximum Gasteiger partial charge on any atom is 0.416 e. The number of carbonyl (C=O) groups excluding carboxylic acids is 1. The van der Waals surface area contributed by atoms with E-state index in [9.17, 15) is 18.0 Å². The summed E-state index contributed by atoms with van der Waals surface area (Å²) in [6.07, 6.45) is -4.49. The lowest BCUT2D eigenvalue weighted by Gasteiger charge is -2.12. The number of oxime groups is 1. The number of alkyl halides is 3. The molecule has 0 aromatic heterocycles. The highest BCUT2D eigenvalue weighted by Crippen LogP contribution is 2.33. The summed E-state index contributed by atoms with van der Waals surface area (Å²) in [4.78, 5) is 15.4. The van der Waals surface area contributed by atoms with Crippen LogP contribution in [0.5, 0.6) is 5.75 Å². The van der Waals surface area contributed by atoms with Crippen molar-refractivity contribution in [2.45, 2.75) is 20.0 Å². The molecular formula is C12H12F3NO3. The van der Waals surface area contributed by atoms with Gasteiger partial charge in [0.1, 0.15) is 12.9 Å². The van der Waals surface area contributed by atoms with Gasteiger partial charge < -0.3 is 9.57 Å². The van der Waals surface area contributed by atoms with Crippen LogP contribution in [-0.2, 0) is 15.8 Å². The monoisotopic (exact) mass is 275 g/mol. The fourth-order valence-corrected chi connectivity index (χ4v) is 1.42. The van der Waals surface area contributed by atoms with Crippen LogP contribution in [0.3, 0.4) is 0 Å². The Morgan fingerprint density at radius 2 is 1.89 bits per heavy atom. The third-order valence-corrected chi connectivity index (χ3v) is 2.18. The van der Waals surface area contributed by atoms with Gasteiger partial charge in [0.05, 0.1) is 11.3 Å². The van der Waals surface area contributed by atoms with Crippen molar-refractivity contribution in [2.75, 3.05) is 7.11 Å². The molecule has 4 nitrogen and oxygen atoms in total. The number of nitrogens with zero attached hydrogens (tertiary/aromatic N) is 1. The van der Waals surface area contributed by atoms with E-state index in [4.69, 9.17) is 4.74 Å². The molecule has 0 saturated carbocycles. The number of hydrogen-bond acceptors (Lipinski definition) is 4. The third-order valence-electron chi connectivity index (χ3n) is 2.18. The largest absolute Gasteiger partial charge is 0.426 e. The quantitative estimate of drug-likeness (QED) is 0.369. The van der Waals surface area contributed by atoms with Crippen molar-refractivity contribution in [3.8, 4) is 5.75 Å². The zero-order valence-corrected chi connectivity index (χ0v) is 10.5. The van der Waals surface area contributed by atoms with Crippen molar-refractivity contribution in [3.05, 3.63) is 29.3 Å². The number of esters is 1. The smallest absolute Gasteiger partial charge is 0.416 e. The first-order chi connectivity index (χ1) is 8.75. The van der Waals surface area contributed by atoms with Gasteiger partial charge in [-0.15, -0.1) is 0 Å². The Morgan fingerprint density at radius 3 is 2.37 bits per heavy atom. The second kappa shape index (κ2) is 5.73. The van der Waals surface area contributed by atoms with Crippen LogP contribution in [0.4, 0.5) is 13.2 Å². The molecule has 0 unspecified atom stereocenters. The molecule has 0 atom stereocenters. The van der Waals surface area contributed by atoms with Crippen LogP contribution in [-0.4, -0.2) is 18.8 Å². The average Bonchev–Trinajstić information content (AvgIpc) is 2.27. The summed E-state index contributed by atoms with van der Waals surface area (Å²) in [5.41, 5.74) is -0.638. The Hall–Kier alpha value is -2.05. The van der Waals surface area contributed by atoms with Crippen molar-refractivity contribution >= 4 is 11.7 Å². The number of ether oxygens (including phenoxy) is 1. The molecule has 0 amide bonds. The summed E-state index contributed by atoms with van der Waals surface area (Å²) in [7, 11) is 1.27. The first-order valence-electron chi connectivity index (χ1n) is 5.23. The summed E-state index contributed by atoms with van der Waals surface area (Å²) in [5, 5.41) is 3.54. The molecule has 1 rings (SSSR count). The minimum atomic E-state index is -4.49. The van der Waals surface area contributed by atoms with E-state index >= 15 is 0 Å². The second-order valence-corrected chi connectivity index (χ2v) is 3.66. The van der Waals surface area contributed by atoms with Crippen LogP contribution in [0, 0.1) is 0 Å². The third kappa shape index (κ3) is 3.97. The average molecular weight is 275 g/mol. The number of halogens is 3. The van der Waals surface area contributed by atoms with Crippen LogP contribution in [0.2, 0.25) is 0 Å². The molecule has 0 N–H and O–H groups in total. The van der Waals surface area contributed by atoms with Crippen LogP contribution in [0.25, 0.3) is 0 Å². The summed E-state index contributed by atoms with van der Waals surface area (Å²) in [6.45, 7) is 2.61. The SMILES string of the molecule is CO/N=C(/C)c1cc(C(F)(F)F)ccc1OC(C)=O. The molecule has 7 heteroatoms. The molecule has 0 fully saturated rings. The van der Waals surface area contributed by atoms with E-state index < -0.39 is 17.7 Å². The number of carbonyl (C=O) groups is 1. The molecule has 0 aliphatic heterocycles. The van der Waals surface area contributed by atoms with Crippen molar-refractivity contribution in [2.24, 2.45) is 5.16 Å². The number of rotatable bonds is 3. The predicted molar refractivity (Wildman–Crippen MR) is 62.0 cm³/mol. The molecule has 0 radical (unpaired) electrons. The summed E-state index contributed by atoms with van der Waals surface area (Å²) >= 11 is 0. The van der Waals surface area contributed by atoms with E-state index in [2.05, 4.69) is 9.99 Å². The van der Waals surface area contributed by atoms with E-state index in [0.717, 1.165) is 25.1 Å². The topological polar surface area (TPSA) is 47.9 Å². The molecule has 0 saturated heterocycles. The Labute approximate surface area is 107 Å². The van der Waals surface area contributed by atoms with Gasteiger partial charge >= 0.3 is 12.1 Å². The highest BCUT2D eigenvalue weighted by molar-refractivity contribution is 6.01. The Bertz CT molecular complexity index is 509. The highest BCUT2D eigenvalue weighted by Gasteiger charge is 2.31. The number of hydrogen-bond donors (Lipinski definition) is 0. The van der Waals surface area contributed by atoms with Gasteiger partial charge in [-0.2, -0.15) is 13.2 Å². The van der Waals surface area contributed by atoms with Crippen LogP contribution in [0.1, 0.15) is 25.0 Å². The standard InChI is InChI=1S/C12H12F3NO3/c1-7(16-18-3)10-6-9(12(13,14)15)4-5-11(10)19-8(2)17/h4-6H,1-3H3/b16-7-. The zero-order chi connectivity index (χ0) is 14.6. The van der Waals surface area contributed by atoms with E-state index in [1.165, 1.54) is 14.0 Å². The molecule has 0 heterocycles.